The molecule has 0 bridgehead atoms. The van der Waals surface area contributed by atoms with Gasteiger partial charge in [-0.15, -0.1) is 0 Å². The molecule has 0 radical (unpaired) electrons. The third-order valence-electron chi connectivity index (χ3n) is 8.01. The van der Waals surface area contributed by atoms with Gasteiger partial charge in [0.25, 0.3) is 5.91 Å². The highest BCUT2D eigenvalue weighted by Crippen LogP contribution is 2.34. The van der Waals surface area contributed by atoms with E-state index < -0.39 is 17.7 Å². The van der Waals surface area contributed by atoms with E-state index in [4.69, 9.17) is 5.11 Å². The normalized spacial score (nSPS) is 12.0. The van der Waals surface area contributed by atoms with Gasteiger partial charge in [0.05, 0.1) is 17.5 Å². The summed E-state index contributed by atoms with van der Waals surface area (Å²) in [5.41, 5.74) is 4.15. The van der Waals surface area contributed by atoms with E-state index in [-0.39, 0.29) is 30.3 Å². The van der Waals surface area contributed by atoms with E-state index in [2.05, 4.69) is 62.3 Å². The number of aromatic nitrogens is 1. The van der Waals surface area contributed by atoms with E-state index in [1.807, 2.05) is 18.2 Å². The van der Waals surface area contributed by atoms with Gasteiger partial charge < -0.3 is 10.4 Å². The summed E-state index contributed by atoms with van der Waals surface area (Å²) in [7, 11) is 0. The van der Waals surface area contributed by atoms with E-state index in [0.29, 0.717) is 23.3 Å². The van der Waals surface area contributed by atoms with E-state index in [1.165, 1.54) is 24.5 Å². The summed E-state index contributed by atoms with van der Waals surface area (Å²) in [6, 6.07) is 21.1. The molecule has 1 unspecified atom stereocenters. The molecule has 1 heterocycles. The van der Waals surface area contributed by atoms with Gasteiger partial charge in [0.2, 0.25) is 0 Å². The van der Waals surface area contributed by atoms with Crippen LogP contribution in [0.4, 0.5) is 13.2 Å². The molecule has 0 fully saturated rings. The van der Waals surface area contributed by atoms with Crippen LogP contribution in [0, 0.1) is 0 Å². The van der Waals surface area contributed by atoms with Crippen molar-refractivity contribution in [1.29, 1.82) is 0 Å². The van der Waals surface area contributed by atoms with Crippen molar-refractivity contribution in [3.8, 4) is 0 Å². The van der Waals surface area contributed by atoms with Crippen LogP contribution in [-0.2, 0) is 17.4 Å². The molecule has 1 aromatic heterocycles. The summed E-state index contributed by atoms with van der Waals surface area (Å²) in [6.45, 7) is 8.75. The number of carbonyl (C=O) groups is 2. The lowest BCUT2D eigenvalue weighted by atomic mass is 9.84. The predicted molar refractivity (Wildman–Crippen MR) is 174 cm³/mol. The topological polar surface area (TPSA) is 79.3 Å². The van der Waals surface area contributed by atoms with Crippen molar-refractivity contribution in [3.63, 3.8) is 0 Å². The van der Waals surface area contributed by atoms with Crippen molar-refractivity contribution in [1.82, 2.24) is 10.3 Å². The molecule has 5 nitrogen and oxygen atoms in total. The minimum Gasteiger partial charge on any atom is -0.481 e. The number of carbonyl (C=O) groups excluding carboxylic acids is 1. The largest absolute Gasteiger partial charge is 0.481 e. The van der Waals surface area contributed by atoms with Crippen LogP contribution in [0.15, 0.2) is 79.0 Å². The van der Waals surface area contributed by atoms with Gasteiger partial charge in [-0.2, -0.15) is 13.2 Å². The summed E-state index contributed by atoms with van der Waals surface area (Å²) in [6.07, 6.45) is 2.37. The fraction of sp³-hybridized carbons (Fsp3) is 0.378. The van der Waals surface area contributed by atoms with E-state index >= 15 is 0 Å². The summed E-state index contributed by atoms with van der Waals surface area (Å²) >= 11 is 0. The third kappa shape index (κ3) is 10.2. The lowest BCUT2D eigenvalue weighted by molar-refractivity contribution is -0.138. The summed E-state index contributed by atoms with van der Waals surface area (Å²) < 4.78 is 39.7. The Morgan fingerprint density at radius 3 is 2.00 bits per heavy atom. The van der Waals surface area contributed by atoms with Crippen LogP contribution in [0.5, 0.6) is 0 Å². The van der Waals surface area contributed by atoms with Crippen LogP contribution >= 0.6 is 0 Å². The number of hydrogen-bond donors (Lipinski definition) is 2. The Kier molecular flexibility index (Phi) is 13.1. The predicted octanol–water partition coefficient (Wildman–Crippen LogP) is 9.54. The van der Waals surface area contributed by atoms with Crippen LogP contribution in [-0.4, -0.2) is 28.5 Å². The molecule has 0 saturated carbocycles. The number of carboxylic acid groups (broad SMARTS) is 1. The van der Waals surface area contributed by atoms with Crippen LogP contribution in [0.25, 0.3) is 10.9 Å². The molecule has 0 aliphatic carbocycles. The molecule has 0 spiro atoms. The lowest BCUT2D eigenvalue weighted by Crippen LogP contribution is -2.25. The van der Waals surface area contributed by atoms with Crippen molar-refractivity contribution in [3.05, 3.63) is 112 Å². The SMILES string of the molecule is CCC(CC)c1ccc(C(Cc2ccc(C(=O)NCCC(=O)O)cc2)c2cnc3cc(C(F)(F)F)ccc3c2)cc1.CCCC. The van der Waals surface area contributed by atoms with Gasteiger partial charge in [-0.05, 0) is 77.8 Å². The van der Waals surface area contributed by atoms with Crippen molar-refractivity contribution in [2.75, 3.05) is 6.54 Å². The van der Waals surface area contributed by atoms with Crippen LogP contribution < -0.4 is 5.32 Å². The second-order valence-corrected chi connectivity index (χ2v) is 11.2. The molecular formula is C37H43F3N2O3. The number of alkyl halides is 3. The average Bonchev–Trinajstić information content (AvgIpc) is 3.04. The lowest BCUT2D eigenvalue weighted by Gasteiger charge is -2.21. The summed E-state index contributed by atoms with van der Waals surface area (Å²) in [4.78, 5) is 27.5. The fourth-order valence-electron chi connectivity index (χ4n) is 5.11. The molecular weight excluding hydrogens is 577 g/mol. The van der Waals surface area contributed by atoms with Gasteiger partial charge in [0.15, 0.2) is 0 Å². The van der Waals surface area contributed by atoms with Crippen LogP contribution in [0.2, 0.25) is 0 Å². The highest BCUT2D eigenvalue weighted by molar-refractivity contribution is 5.94. The van der Waals surface area contributed by atoms with Gasteiger partial charge in [-0.3, -0.25) is 14.6 Å². The average molecular weight is 621 g/mol. The molecule has 4 rings (SSSR count). The number of benzene rings is 3. The zero-order valence-corrected chi connectivity index (χ0v) is 26.5. The number of pyridine rings is 1. The quantitative estimate of drug-likeness (QED) is 0.165. The number of nitrogens with one attached hydrogen (secondary N) is 1. The second-order valence-electron chi connectivity index (χ2n) is 11.2. The molecule has 8 heteroatoms. The molecule has 0 aliphatic heterocycles. The molecule has 3 aromatic carbocycles. The van der Waals surface area contributed by atoms with Gasteiger partial charge in [0, 0.05) is 29.6 Å². The Morgan fingerprint density at radius 1 is 0.822 bits per heavy atom. The van der Waals surface area contributed by atoms with Crippen LogP contribution in [0.3, 0.4) is 0 Å². The maximum Gasteiger partial charge on any atom is 0.416 e. The fourth-order valence-corrected chi connectivity index (χ4v) is 5.11. The monoisotopic (exact) mass is 620 g/mol. The molecule has 1 atom stereocenters. The van der Waals surface area contributed by atoms with Crippen LogP contribution in [0.1, 0.15) is 110 Å². The number of aliphatic carboxylic acids is 1. The first kappa shape index (κ1) is 35.3. The van der Waals surface area contributed by atoms with Gasteiger partial charge in [-0.1, -0.05) is 83.0 Å². The Labute approximate surface area is 263 Å². The molecule has 0 aliphatic rings. The van der Waals surface area contributed by atoms with Crippen molar-refractivity contribution >= 4 is 22.8 Å². The third-order valence-corrected chi connectivity index (χ3v) is 8.01. The second kappa shape index (κ2) is 16.8. The highest BCUT2D eigenvalue weighted by Gasteiger charge is 2.30. The zero-order valence-electron chi connectivity index (χ0n) is 26.5. The van der Waals surface area contributed by atoms with E-state index in [9.17, 15) is 22.8 Å². The standard InChI is InChI=1S/C33H33F3N2O3.C4H10/c1-3-22(4-2)23-9-11-24(12-10-23)29(17-21-5-7-25(8-6-21)32(41)37-16-15-31(39)40)27-18-26-13-14-28(33(34,35)36)19-30(26)38-20-27;1-3-4-2/h5-14,18-20,22,29H,3-4,15-17H2,1-2H3,(H,37,41)(H,39,40);3-4H2,1-2H3. The van der Waals surface area contributed by atoms with Gasteiger partial charge in [0.1, 0.15) is 0 Å². The van der Waals surface area contributed by atoms with E-state index in [1.54, 1.807) is 18.3 Å². The number of rotatable bonds is 12. The number of carboxylic acids is 1. The van der Waals surface area contributed by atoms with Crippen molar-refractivity contribution in [2.24, 2.45) is 0 Å². The molecule has 0 saturated heterocycles. The number of amides is 1. The number of fused-ring (bicyclic) bond motifs is 1. The minimum atomic E-state index is -4.44. The van der Waals surface area contributed by atoms with Crippen molar-refractivity contribution in [2.45, 2.75) is 84.2 Å². The molecule has 45 heavy (non-hydrogen) atoms. The maximum absolute atomic E-state index is 13.2. The number of halogens is 3. The molecule has 240 valence electrons. The highest BCUT2D eigenvalue weighted by atomic mass is 19.4. The number of hydrogen-bond acceptors (Lipinski definition) is 3. The number of nitrogens with zero attached hydrogens (tertiary/aromatic N) is 1. The molecule has 4 aromatic rings. The first-order valence-corrected chi connectivity index (χ1v) is 15.7. The maximum atomic E-state index is 13.2. The van der Waals surface area contributed by atoms with Crippen molar-refractivity contribution < 1.29 is 27.9 Å². The summed E-state index contributed by atoms with van der Waals surface area (Å²) in [5, 5.41) is 12.0. The first-order valence-electron chi connectivity index (χ1n) is 15.7. The Hall–Kier alpha value is -4.20. The number of unbranched alkanes of at least 4 members (excludes halogenated alkanes) is 1. The first-order chi connectivity index (χ1) is 21.5. The Morgan fingerprint density at radius 2 is 1.44 bits per heavy atom. The minimum absolute atomic E-state index is 0.0460. The zero-order chi connectivity index (χ0) is 33.0. The Bertz CT molecular complexity index is 1530. The van der Waals surface area contributed by atoms with E-state index in [0.717, 1.165) is 41.7 Å². The smallest absolute Gasteiger partial charge is 0.416 e. The molecule has 2 N–H and O–H groups in total. The summed E-state index contributed by atoms with van der Waals surface area (Å²) in [5.74, 6) is -0.978. The van der Waals surface area contributed by atoms with Gasteiger partial charge >= 0.3 is 12.1 Å². The van der Waals surface area contributed by atoms with Gasteiger partial charge in [-0.25, -0.2) is 0 Å². The molecule has 1 amide bonds. The Balaban J connectivity index is 0.00000130.